The summed E-state index contributed by atoms with van der Waals surface area (Å²) in [6, 6.07) is 4.14. The number of hydrogen-bond donors (Lipinski definition) is 3. The summed E-state index contributed by atoms with van der Waals surface area (Å²) in [6.45, 7) is -0.516. The van der Waals surface area contributed by atoms with Crippen LogP contribution in [0.5, 0.6) is 0 Å². The van der Waals surface area contributed by atoms with Gasteiger partial charge in [-0.1, -0.05) is 6.07 Å². The van der Waals surface area contributed by atoms with Gasteiger partial charge in [0.2, 0.25) is 15.9 Å². The Bertz CT molecular complexity index is 770. The Morgan fingerprint density at radius 2 is 1.85 bits per heavy atom. The van der Waals surface area contributed by atoms with E-state index in [4.69, 9.17) is 0 Å². The van der Waals surface area contributed by atoms with Crippen molar-refractivity contribution in [3.8, 4) is 0 Å². The summed E-state index contributed by atoms with van der Waals surface area (Å²) in [5.74, 6) is -0.494. The van der Waals surface area contributed by atoms with E-state index >= 15 is 0 Å². The predicted octanol–water partition coefficient (Wildman–Crippen LogP) is 1.38. The maximum absolute atomic E-state index is 12.7. The molecule has 26 heavy (non-hydrogen) atoms. The number of fused-ring (bicyclic) bond motifs is 2. The number of alkyl halides is 3. The van der Waals surface area contributed by atoms with E-state index in [1.807, 2.05) is 0 Å². The average molecular weight is 391 g/mol. The zero-order valence-electron chi connectivity index (χ0n) is 13.8. The molecule has 1 amide bonds. The van der Waals surface area contributed by atoms with Crippen molar-refractivity contribution >= 4 is 15.9 Å². The molecule has 1 aromatic rings. The SMILES string of the molecule is O=C(CNS(=O)(=O)c1cccc(C(F)(F)F)c1)NC1CC2CCC(C1)N2. The van der Waals surface area contributed by atoms with Gasteiger partial charge >= 0.3 is 6.18 Å². The molecule has 0 spiro atoms. The minimum absolute atomic E-state index is 0.0145. The fourth-order valence-corrected chi connectivity index (χ4v) is 4.56. The van der Waals surface area contributed by atoms with E-state index < -0.39 is 39.1 Å². The molecule has 3 rings (SSSR count). The second-order valence-corrected chi connectivity index (χ2v) is 8.49. The quantitative estimate of drug-likeness (QED) is 0.708. The van der Waals surface area contributed by atoms with Gasteiger partial charge in [-0.2, -0.15) is 13.2 Å². The van der Waals surface area contributed by atoms with Crippen molar-refractivity contribution < 1.29 is 26.4 Å². The van der Waals surface area contributed by atoms with Crippen molar-refractivity contribution in [1.29, 1.82) is 0 Å². The fourth-order valence-electron chi connectivity index (χ4n) is 3.54. The van der Waals surface area contributed by atoms with Gasteiger partial charge in [0.05, 0.1) is 17.0 Å². The molecule has 2 aliphatic heterocycles. The molecule has 3 N–H and O–H groups in total. The van der Waals surface area contributed by atoms with Crippen LogP contribution in [-0.2, 0) is 21.0 Å². The Kier molecular flexibility index (Phi) is 5.27. The molecule has 2 bridgehead atoms. The molecule has 0 radical (unpaired) electrons. The van der Waals surface area contributed by atoms with Crippen LogP contribution in [0, 0.1) is 0 Å². The lowest BCUT2D eigenvalue weighted by Crippen LogP contribution is -2.50. The molecule has 2 atom stereocenters. The van der Waals surface area contributed by atoms with Crippen molar-refractivity contribution in [2.75, 3.05) is 6.54 Å². The van der Waals surface area contributed by atoms with E-state index in [-0.39, 0.29) is 6.04 Å². The van der Waals surface area contributed by atoms with Gasteiger partial charge in [-0.25, -0.2) is 13.1 Å². The zero-order valence-corrected chi connectivity index (χ0v) is 14.7. The highest BCUT2D eigenvalue weighted by Crippen LogP contribution is 2.30. The van der Waals surface area contributed by atoms with Gasteiger partial charge < -0.3 is 10.6 Å². The van der Waals surface area contributed by atoms with Gasteiger partial charge in [0, 0.05) is 18.1 Å². The summed E-state index contributed by atoms with van der Waals surface area (Å²) in [4.78, 5) is 11.5. The molecule has 0 aromatic heterocycles. The molecule has 1 aromatic carbocycles. The van der Waals surface area contributed by atoms with Crippen molar-refractivity contribution in [2.45, 2.75) is 54.9 Å². The number of hydrogen-bond acceptors (Lipinski definition) is 4. The normalized spacial score (nSPS) is 25.9. The van der Waals surface area contributed by atoms with E-state index in [0.29, 0.717) is 18.2 Å². The topological polar surface area (TPSA) is 87.3 Å². The van der Waals surface area contributed by atoms with Crippen LogP contribution in [0.2, 0.25) is 0 Å². The standard InChI is InChI=1S/C16H20F3N3O3S/c17-16(18,19)10-2-1-3-14(6-10)26(24,25)20-9-15(23)22-13-7-11-4-5-12(8-13)21-11/h1-3,6,11-13,20-21H,4-5,7-9H2,(H,22,23). The number of halogens is 3. The molecule has 2 saturated heterocycles. The largest absolute Gasteiger partial charge is 0.416 e. The van der Waals surface area contributed by atoms with Crippen LogP contribution >= 0.6 is 0 Å². The number of sulfonamides is 1. The Balaban J connectivity index is 1.57. The van der Waals surface area contributed by atoms with Gasteiger partial charge in [-0.05, 0) is 43.9 Å². The lowest BCUT2D eigenvalue weighted by molar-refractivity contribution is -0.137. The maximum atomic E-state index is 12.7. The van der Waals surface area contributed by atoms with Crippen LogP contribution in [0.15, 0.2) is 29.2 Å². The maximum Gasteiger partial charge on any atom is 0.416 e. The highest BCUT2D eigenvalue weighted by Gasteiger charge is 2.34. The number of carbonyl (C=O) groups excluding carboxylic acids is 1. The van der Waals surface area contributed by atoms with Crippen LogP contribution in [0.3, 0.4) is 0 Å². The molecule has 144 valence electrons. The Hall–Kier alpha value is -1.65. The number of amides is 1. The third-order valence-electron chi connectivity index (χ3n) is 4.73. The van der Waals surface area contributed by atoms with Crippen molar-refractivity contribution in [2.24, 2.45) is 0 Å². The van der Waals surface area contributed by atoms with Gasteiger partial charge in [-0.3, -0.25) is 4.79 Å². The second-order valence-electron chi connectivity index (χ2n) is 6.72. The van der Waals surface area contributed by atoms with Crippen molar-refractivity contribution in [3.05, 3.63) is 29.8 Å². The zero-order chi connectivity index (χ0) is 18.9. The molecule has 2 aliphatic rings. The molecule has 10 heteroatoms. The van der Waals surface area contributed by atoms with E-state index in [1.54, 1.807) is 0 Å². The van der Waals surface area contributed by atoms with E-state index in [2.05, 4.69) is 15.4 Å². The molecule has 0 saturated carbocycles. The van der Waals surface area contributed by atoms with Gasteiger partial charge in [0.15, 0.2) is 0 Å². The molecule has 6 nitrogen and oxygen atoms in total. The van der Waals surface area contributed by atoms with E-state index in [0.717, 1.165) is 43.9 Å². The Morgan fingerprint density at radius 1 is 1.19 bits per heavy atom. The molecule has 2 unspecified atom stereocenters. The summed E-state index contributed by atoms with van der Waals surface area (Å²) in [5, 5.41) is 6.23. The number of piperidine rings is 1. The minimum atomic E-state index is -4.64. The van der Waals surface area contributed by atoms with Crippen LogP contribution in [-0.4, -0.2) is 39.0 Å². The molecule has 2 heterocycles. The molecule has 0 aliphatic carbocycles. The highest BCUT2D eigenvalue weighted by atomic mass is 32.2. The first-order valence-corrected chi connectivity index (χ1v) is 9.84. The third kappa shape index (κ3) is 4.54. The van der Waals surface area contributed by atoms with Crippen LogP contribution in [0.25, 0.3) is 0 Å². The monoisotopic (exact) mass is 391 g/mol. The minimum Gasteiger partial charge on any atom is -0.352 e. The summed E-state index contributed by atoms with van der Waals surface area (Å²) in [5.41, 5.74) is -1.06. The lowest BCUT2D eigenvalue weighted by atomic mass is 10.00. The predicted molar refractivity (Wildman–Crippen MR) is 87.7 cm³/mol. The lowest BCUT2D eigenvalue weighted by Gasteiger charge is -2.29. The summed E-state index contributed by atoms with van der Waals surface area (Å²) >= 11 is 0. The Labute approximate surface area is 149 Å². The number of carbonyl (C=O) groups is 1. The average Bonchev–Trinajstić information content (AvgIpc) is 2.91. The number of nitrogens with one attached hydrogen (secondary N) is 3. The highest BCUT2D eigenvalue weighted by molar-refractivity contribution is 7.89. The van der Waals surface area contributed by atoms with Crippen LogP contribution in [0.4, 0.5) is 13.2 Å². The fraction of sp³-hybridized carbons (Fsp3) is 0.562. The number of rotatable bonds is 5. The van der Waals surface area contributed by atoms with E-state index in [1.165, 1.54) is 0 Å². The summed E-state index contributed by atoms with van der Waals surface area (Å²) < 4.78 is 64.5. The second kappa shape index (κ2) is 7.16. The van der Waals surface area contributed by atoms with Crippen molar-refractivity contribution in [1.82, 2.24) is 15.4 Å². The van der Waals surface area contributed by atoms with Crippen LogP contribution < -0.4 is 15.4 Å². The van der Waals surface area contributed by atoms with Gasteiger partial charge in [0.1, 0.15) is 0 Å². The van der Waals surface area contributed by atoms with Gasteiger partial charge in [0.25, 0.3) is 0 Å². The molecule has 2 fully saturated rings. The molecular weight excluding hydrogens is 371 g/mol. The summed E-state index contributed by atoms with van der Waals surface area (Å²) in [7, 11) is -4.21. The van der Waals surface area contributed by atoms with Crippen LogP contribution in [0.1, 0.15) is 31.2 Å². The third-order valence-corrected chi connectivity index (χ3v) is 6.13. The van der Waals surface area contributed by atoms with Gasteiger partial charge in [-0.15, -0.1) is 0 Å². The smallest absolute Gasteiger partial charge is 0.352 e. The van der Waals surface area contributed by atoms with Crippen molar-refractivity contribution in [3.63, 3.8) is 0 Å². The number of benzene rings is 1. The first-order chi connectivity index (χ1) is 12.1. The molecular formula is C16H20F3N3O3S. The van der Waals surface area contributed by atoms with E-state index in [9.17, 15) is 26.4 Å². The summed E-state index contributed by atoms with van der Waals surface area (Å²) in [6.07, 6.45) is -0.916. The first-order valence-electron chi connectivity index (χ1n) is 8.36. The first kappa shape index (κ1) is 19.1. The Morgan fingerprint density at radius 3 is 2.46 bits per heavy atom.